The molecule has 0 aliphatic heterocycles. The van der Waals surface area contributed by atoms with Crippen LogP contribution in [-0.2, 0) is 5.75 Å². The van der Waals surface area contributed by atoms with E-state index in [1.165, 1.54) is 29.2 Å². The van der Waals surface area contributed by atoms with Crippen molar-refractivity contribution in [3.05, 3.63) is 41.3 Å². The summed E-state index contributed by atoms with van der Waals surface area (Å²) >= 11 is 2.81. The Morgan fingerprint density at radius 1 is 1.23 bits per heavy atom. The number of nitrogen functional groups attached to an aromatic ring is 1. The van der Waals surface area contributed by atoms with E-state index in [1.54, 1.807) is 18.2 Å². The fraction of sp³-hybridized carbons (Fsp3) is 0.143. The standard InChI is InChI=1S/C14H11F2N3OS2/c15-13(16)20-10-4-2-1-3-8(10)7-22-14-18-11(17)9-5-6-21-12(9)19-14/h1-6,13H,7H2,(H2,17,18,19). The fourth-order valence-electron chi connectivity index (χ4n) is 1.90. The first-order valence-electron chi connectivity index (χ1n) is 6.29. The molecular weight excluding hydrogens is 328 g/mol. The van der Waals surface area contributed by atoms with Gasteiger partial charge in [0.25, 0.3) is 0 Å². The minimum atomic E-state index is -2.85. The Bertz CT molecular complexity index is 795. The van der Waals surface area contributed by atoms with Crippen LogP contribution in [0.2, 0.25) is 0 Å². The quantitative estimate of drug-likeness (QED) is 0.558. The van der Waals surface area contributed by atoms with E-state index in [4.69, 9.17) is 5.73 Å². The SMILES string of the molecule is Nc1nc(SCc2ccccc2OC(F)F)nc2sccc12. The average Bonchev–Trinajstić information content (AvgIpc) is 2.95. The number of nitrogens with zero attached hydrogens (tertiary/aromatic N) is 2. The summed E-state index contributed by atoms with van der Waals surface area (Å²) in [5, 5.41) is 3.24. The molecule has 1 aromatic carbocycles. The molecule has 0 amide bonds. The smallest absolute Gasteiger partial charge is 0.387 e. The Hall–Kier alpha value is -1.93. The summed E-state index contributed by atoms with van der Waals surface area (Å²) in [6.45, 7) is -2.85. The van der Waals surface area contributed by atoms with Gasteiger partial charge in [0.1, 0.15) is 16.4 Å². The van der Waals surface area contributed by atoms with Gasteiger partial charge < -0.3 is 10.5 Å². The third kappa shape index (κ3) is 3.28. The van der Waals surface area contributed by atoms with Crippen molar-refractivity contribution in [2.75, 3.05) is 5.73 Å². The van der Waals surface area contributed by atoms with Gasteiger partial charge in [-0.25, -0.2) is 9.97 Å². The summed E-state index contributed by atoms with van der Waals surface area (Å²) in [6, 6.07) is 8.54. The maximum absolute atomic E-state index is 12.4. The summed E-state index contributed by atoms with van der Waals surface area (Å²) in [5.41, 5.74) is 6.54. The van der Waals surface area contributed by atoms with Gasteiger partial charge >= 0.3 is 6.61 Å². The zero-order valence-electron chi connectivity index (χ0n) is 11.2. The molecule has 3 aromatic rings. The number of alkyl halides is 2. The Morgan fingerprint density at radius 3 is 2.86 bits per heavy atom. The second-order valence-corrected chi connectivity index (χ2v) is 6.14. The Morgan fingerprint density at radius 2 is 2.05 bits per heavy atom. The van der Waals surface area contributed by atoms with Gasteiger partial charge in [-0.3, -0.25) is 0 Å². The molecule has 0 atom stereocenters. The molecule has 2 aromatic heterocycles. The first kappa shape index (κ1) is 15.0. The molecule has 4 nitrogen and oxygen atoms in total. The number of thiophene rings is 1. The number of aromatic nitrogens is 2. The normalized spacial score (nSPS) is 11.2. The minimum Gasteiger partial charge on any atom is -0.435 e. The van der Waals surface area contributed by atoms with Crippen molar-refractivity contribution in [3.63, 3.8) is 0 Å². The minimum absolute atomic E-state index is 0.162. The Labute approximate surface area is 133 Å². The van der Waals surface area contributed by atoms with E-state index >= 15 is 0 Å². The zero-order valence-corrected chi connectivity index (χ0v) is 12.8. The predicted octanol–water partition coefficient (Wildman–Crippen LogP) is 4.17. The van der Waals surface area contributed by atoms with Crippen molar-refractivity contribution < 1.29 is 13.5 Å². The van der Waals surface area contributed by atoms with Crippen LogP contribution in [0, 0.1) is 0 Å². The van der Waals surface area contributed by atoms with Gasteiger partial charge in [-0.2, -0.15) is 8.78 Å². The number of hydrogen-bond donors (Lipinski definition) is 1. The maximum atomic E-state index is 12.4. The molecule has 0 spiro atoms. The highest BCUT2D eigenvalue weighted by atomic mass is 32.2. The Kier molecular flexibility index (Phi) is 4.39. The number of ether oxygens (including phenoxy) is 1. The zero-order chi connectivity index (χ0) is 15.5. The van der Waals surface area contributed by atoms with Crippen LogP contribution >= 0.6 is 23.1 Å². The lowest BCUT2D eigenvalue weighted by Crippen LogP contribution is -2.04. The second-order valence-electron chi connectivity index (χ2n) is 4.31. The average molecular weight is 339 g/mol. The molecule has 0 saturated carbocycles. The largest absolute Gasteiger partial charge is 0.435 e. The van der Waals surface area contributed by atoms with E-state index in [2.05, 4.69) is 14.7 Å². The van der Waals surface area contributed by atoms with Crippen molar-refractivity contribution >= 4 is 39.1 Å². The van der Waals surface area contributed by atoms with Crippen LogP contribution < -0.4 is 10.5 Å². The van der Waals surface area contributed by atoms with Crippen LogP contribution in [0.5, 0.6) is 5.75 Å². The third-order valence-electron chi connectivity index (χ3n) is 2.88. The Balaban J connectivity index is 1.79. The number of thioether (sulfide) groups is 1. The topological polar surface area (TPSA) is 61.0 Å². The summed E-state index contributed by atoms with van der Waals surface area (Å²) in [4.78, 5) is 9.44. The summed E-state index contributed by atoms with van der Waals surface area (Å²) < 4.78 is 29.3. The molecule has 0 bridgehead atoms. The first-order chi connectivity index (χ1) is 10.6. The summed E-state index contributed by atoms with van der Waals surface area (Å²) in [7, 11) is 0. The van der Waals surface area contributed by atoms with Crippen molar-refractivity contribution in [1.82, 2.24) is 9.97 Å². The maximum Gasteiger partial charge on any atom is 0.387 e. The van der Waals surface area contributed by atoms with Gasteiger partial charge in [0.15, 0.2) is 5.16 Å². The van der Waals surface area contributed by atoms with E-state index in [0.717, 1.165) is 10.2 Å². The fourth-order valence-corrected chi connectivity index (χ4v) is 3.57. The molecule has 0 aliphatic carbocycles. The molecule has 8 heteroatoms. The highest BCUT2D eigenvalue weighted by Crippen LogP contribution is 2.30. The lowest BCUT2D eigenvalue weighted by atomic mass is 10.2. The van der Waals surface area contributed by atoms with Gasteiger partial charge in [0.2, 0.25) is 0 Å². The number of benzene rings is 1. The number of halogens is 2. The van der Waals surface area contributed by atoms with E-state index in [-0.39, 0.29) is 5.75 Å². The van der Waals surface area contributed by atoms with Gasteiger partial charge in [-0.05, 0) is 17.5 Å². The molecule has 0 fully saturated rings. The molecular formula is C14H11F2N3OS2. The highest BCUT2D eigenvalue weighted by molar-refractivity contribution is 7.98. The van der Waals surface area contributed by atoms with Crippen LogP contribution in [0.15, 0.2) is 40.9 Å². The molecule has 3 rings (SSSR count). The van der Waals surface area contributed by atoms with Crippen molar-refractivity contribution in [2.24, 2.45) is 0 Å². The molecule has 2 heterocycles. The second kappa shape index (κ2) is 6.45. The van der Waals surface area contributed by atoms with E-state index in [9.17, 15) is 8.78 Å². The molecule has 0 radical (unpaired) electrons. The van der Waals surface area contributed by atoms with E-state index in [1.807, 2.05) is 11.4 Å². The van der Waals surface area contributed by atoms with Gasteiger partial charge in [0, 0.05) is 11.3 Å². The molecule has 0 unspecified atom stereocenters. The summed E-state index contributed by atoms with van der Waals surface area (Å²) in [5.74, 6) is 1.00. The van der Waals surface area contributed by atoms with Crippen LogP contribution in [-0.4, -0.2) is 16.6 Å². The van der Waals surface area contributed by atoms with Gasteiger partial charge in [0.05, 0.1) is 5.39 Å². The van der Waals surface area contributed by atoms with Gasteiger partial charge in [-0.1, -0.05) is 30.0 Å². The number of rotatable bonds is 5. The number of hydrogen-bond acceptors (Lipinski definition) is 6. The lowest BCUT2D eigenvalue weighted by Gasteiger charge is -2.09. The summed E-state index contributed by atoms with van der Waals surface area (Å²) in [6.07, 6.45) is 0. The first-order valence-corrected chi connectivity index (χ1v) is 8.16. The van der Waals surface area contributed by atoms with Crippen LogP contribution in [0.3, 0.4) is 0 Å². The van der Waals surface area contributed by atoms with Crippen LogP contribution in [0.1, 0.15) is 5.56 Å². The number of para-hydroxylation sites is 1. The van der Waals surface area contributed by atoms with E-state index in [0.29, 0.717) is 22.3 Å². The van der Waals surface area contributed by atoms with E-state index < -0.39 is 6.61 Å². The number of anilines is 1. The molecule has 0 saturated heterocycles. The number of fused-ring (bicyclic) bond motifs is 1. The third-order valence-corrected chi connectivity index (χ3v) is 4.58. The monoisotopic (exact) mass is 339 g/mol. The molecule has 22 heavy (non-hydrogen) atoms. The van der Waals surface area contributed by atoms with Crippen LogP contribution in [0.25, 0.3) is 10.2 Å². The molecule has 0 aliphatic rings. The lowest BCUT2D eigenvalue weighted by molar-refractivity contribution is -0.0503. The van der Waals surface area contributed by atoms with Crippen molar-refractivity contribution in [1.29, 1.82) is 0 Å². The van der Waals surface area contributed by atoms with Gasteiger partial charge in [-0.15, -0.1) is 11.3 Å². The molecule has 2 N–H and O–H groups in total. The molecule has 114 valence electrons. The highest BCUT2D eigenvalue weighted by Gasteiger charge is 2.11. The van der Waals surface area contributed by atoms with Crippen molar-refractivity contribution in [3.8, 4) is 5.75 Å². The van der Waals surface area contributed by atoms with Crippen molar-refractivity contribution in [2.45, 2.75) is 17.5 Å². The predicted molar refractivity (Wildman–Crippen MR) is 84.5 cm³/mol. The number of nitrogens with two attached hydrogens (primary N) is 1. The van der Waals surface area contributed by atoms with Crippen LogP contribution in [0.4, 0.5) is 14.6 Å².